The van der Waals surface area contributed by atoms with Crippen LogP contribution in [-0.4, -0.2) is 42.6 Å². The minimum Gasteiger partial charge on any atom is -0.504 e. The lowest BCUT2D eigenvalue weighted by Crippen LogP contribution is -2.17. The van der Waals surface area contributed by atoms with Crippen LogP contribution in [0.4, 0.5) is 11.5 Å². The van der Waals surface area contributed by atoms with Crippen LogP contribution in [0.3, 0.4) is 0 Å². The maximum absolute atomic E-state index is 10.1. The number of hydrogen-bond donors (Lipinski definition) is 3. The van der Waals surface area contributed by atoms with Crippen molar-refractivity contribution < 1.29 is 14.9 Å². The van der Waals surface area contributed by atoms with E-state index >= 15 is 0 Å². The Morgan fingerprint density at radius 3 is 2.92 bits per heavy atom. The molecule has 4 rings (SSSR count). The molecule has 1 saturated heterocycles. The van der Waals surface area contributed by atoms with Gasteiger partial charge in [0.2, 0.25) is 0 Å². The fourth-order valence-electron chi connectivity index (χ4n) is 2.99. The number of phenolic OH excluding ortho intramolecular Hbond substituents is 2. The van der Waals surface area contributed by atoms with Gasteiger partial charge in [0.1, 0.15) is 6.23 Å². The largest absolute Gasteiger partial charge is 0.504 e. The first-order valence-corrected chi connectivity index (χ1v) is 9.58. The van der Waals surface area contributed by atoms with Gasteiger partial charge in [0, 0.05) is 6.61 Å². The van der Waals surface area contributed by atoms with Crippen molar-refractivity contribution in [2.75, 3.05) is 18.2 Å². The Balaban J connectivity index is 1.79. The average Bonchev–Trinajstić information content (AvgIpc) is 3.10. The summed E-state index contributed by atoms with van der Waals surface area (Å²) in [4.78, 5) is 13.5. The predicted octanol–water partition coefficient (Wildman–Crippen LogP) is 3.40. The molecule has 0 spiro atoms. The number of phenols is 2. The zero-order valence-corrected chi connectivity index (χ0v) is 15.0. The number of fused-ring (bicyclic) bond motifs is 1. The second-order valence-corrected chi connectivity index (χ2v) is 6.78. The van der Waals surface area contributed by atoms with Crippen LogP contribution < -0.4 is 5.32 Å². The van der Waals surface area contributed by atoms with E-state index in [1.54, 1.807) is 18.5 Å². The number of hydrogen-bond acceptors (Lipinski definition) is 8. The van der Waals surface area contributed by atoms with Crippen molar-refractivity contribution in [3.05, 3.63) is 24.5 Å². The van der Waals surface area contributed by atoms with Crippen LogP contribution in [0, 0.1) is 0 Å². The Labute approximate surface area is 154 Å². The highest BCUT2D eigenvalue weighted by atomic mass is 32.2. The Morgan fingerprint density at radius 1 is 1.27 bits per heavy atom. The quantitative estimate of drug-likeness (QED) is 0.363. The number of aromatic nitrogens is 4. The number of imidazole rings is 1. The number of nitrogens with one attached hydrogen (secondary N) is 1. The van der Waals surface area contributed by atoms with Gasteiger partial charge in [-0.2, -0.15) is 0 Å². The maximum atomic E-state index is 10.1. The molecule has 1 aliphatic heterocycles. The van der Waals surface area contributed by atoms with Crippen LogP contribution in [0.1, 0.15) is 25.5 Å². The molecule has 0 bridgehead atoms. The lowest BCUT2D eigenvalue weighted by atomic mass is 10.2. The summed E-state index contributed by atoms with van der Waals surface area (Å²) in [5.74, 6) is 0.0290. The van der Waals surface area contributed by atoms with E-state index in [0.29, 0.717) is 27.8 Å². The fourth-order valence-corrected chi connectivity index (χ4v) is 3.35. The standard InChI is InChI=1S/C17H19N5O3S/c1-26-17-20-15(19-10-5-4-6-11(23)14(10)24)13-16(21-17)22(9-18-13)12-7-2-3-8-25-12/h4-6,9,12,23-24H,2-3,7-8H2,1H3,(H,19,20,21). The zero-order chi connectivity index (χ0) is 18.1. The van der Waals surface area contributed by atoms with E-state index in [0.717, 1.165) is 25.9 Å². The summed E-state index contributed by atoms with van der Waals surface area (Å²) in [7, 11) is 0. The molecule has 136 valence electrons. The van der Waals surface area contributed by atoms with Crippen molar-refractivity contribution in [3.63, 3.8) is 0 Å². The van der Waals surface area contributed by atoms with Crippen LogP contribution in [0.25, 0.3) is 11.2 Å². The van der Waals surface area contributed by atoms with E-state index in [9.17, 15) is 10.2 Å². The summed E-state index contributed by atoms with van der Waals surface area (Å²) in [5, 5.41) is 23.4. The molecular formula is C17H19N5O3S. The van der Waals surface area contributed by atoms with Gasteiger partial charge in [-0.1, -0.05) is 17.8 Å². The lowest BCUT2D eigenvalue weighted by molar-refractivity contribution is -0.0298. The minimum atomic E-state index is -0.236. The normalized spacial score (nSPS) is 17.5. The Bertz CT molecular complexity index is 940. The van der Waals surface area contributed by atoms with Gasteiger partial charge in [-0.15, -0.1) is 0 Å². The molecular weight excluding hydrogens is 354 g/mol. The van der Waals surface area contributed by atoms with E-state index in [-0.39, 0.29) is 17.7 Å². The number of para-hydroxylation sites is 1. The van der Waals surface area contributed by atoms with Crippen molar-refractivity contribution in [1.82, 2.24) is 19.5 Å². The van der Waals surface area contributed by atoms with E-state index in [1.807, 2.05) is 10.8 Å². The average molecular weight is 373 g/mol. The minimum absolute atomic E-state index is 0.0830. The van der Waals surface area contributed by atoms with Crippen LogP contribution in [0.2, 0.25) is 0 Å². The molecule has 0 radical (unpaired) electrons. The number of aromatic hydroxyl groups is 2. The van der Waals surface area contributed by atoms with Gasteiger partial charge in [-0.05, 0) is 37.7 Å². The molecule has 3 heterocycles. The molecule has 9 heteroatoms. The third-order valence-corrected chi connectivity index (χ3v) is 4.86. The molecule has 3 N–H and O–H groups in total. The van der Waals surface area contributed by atoms with Gasteiger partial charge in [-0.3, -0.25) is 4.57 Å². The van der Waals surface area contributed by atoms with Crippen molar-refractivity contribution in [1.29, 1.82) is 0 Å². The van der Waals surface area contributed by atoms with Gasteiger partial charge in [0.05, 0.1) is 12.0 Å². The first-order chi connectivity index (χ1) is 12.7. The molecule has 0 saturated carbocycles. The van der Waals surface area contributed by atoms with Gasteiger partial charge < -0.3 is 20.3 Å². The highest BCUT2D eigenvalue weighted by Crippen LogP contribution is 2.36. The van der Waals surface area contributed by atoms with E-state index < -0.39 is 0 Å². The maximum Gasteiger partial charge on any atom is 0.191 e. The summed E-state index contributed by atoms with van der Waals surface area (Å²) in [5.41, 5.74) is 1.61. The third-order valence-electron chi connectivity index (χ3n) is 4.32. The van der Waals surface area contributed by atoms with Crippen LogP contribution >= 0.6 is 11.8 Å². The van der Waals surface area contributed by atoms with Gasteiger partial charge >= 0.3 is 0 Å². The fraction of sp³-hybridized carbons (Fsp3) is 0.353. The second kappa shape index (κ2) is 7.00. The Kier molecular flexibility index (Phi) is 4.56. The van der Waals surface area contributed by atoms with Crippen LogP contribution in [-0.2, 0) is 4.74 Å². The van der Waals surface area contributed by atoms with Gasteiger partial charge in [0.15, 0.2) is 33.6 Å². The summed E-state index contributed by atoms with van der Waals surface area (Å²) < 4.78 is 7.79. The molecule has 3 aromatic rings. The van der Waals surface area contributed by atoms with Crippen molar-refractivity contribution in [2.24, 2.45) is 0 Å². The molecule has 1 aliphatic rings. The van der Waals surface area contributed by atoms with E-state index in [2.05, 4.69) is 20.3 Å². The Hall–Kier alpha value is -2.52. The SMILES string of the molecule is CSc1nc(Nc2cccc(O)c2O)c2ncn(C3CCCCO3)c2n1. The summed E-state index contributed by atoms with van der Waals surface area (Å²) >= 11 is 1.42. The van der Waals surface area contributed by atoms with Gasteiger partial charge in [0.25, 0.3) is 0 Å². The topological polar surface area (TPSA) is 105 Å². The molecule has 26 heavy (non-hydrogen) atoms. The number of thioether (sulfide) groups is 1. The predicted molar refractivity (Wildman–Crippen MR) is 99.0 cm³/mol. The number of anilines is 2. The van der Waals surface area contributed by atoms with Crippen molar-refractivity contribution >= 4 is 34.4 Å². The van der Waals surface area contributed by atoms with E-state index in [4.69, 9.17) is 4.74 Å². The van der Waals surface area contributed by atoms with Crippen molar-refractivity contribution in [3.8, 4) is 11.5 Å². The number of nitrogens with zero attached hydrogens (tertiary/aromatic N) is 4. The number of benzene rings is 1. The molecule has 1 unspecified atom stereocenters. The monoisotopic (exact) mass is 373 g/mol. The van der Waals surface area contributed by atoms with E-state index in [1.165, 1.54) is 17.8 Å². The molecule has 0 amide bonds. The third kappa shape index (κ3) is 3.04. The summed E-state index contributed by atoms with van der Waals surface area (Å²) in [6, 6.07) is 4.71. The molecule has 0 aliphatic carbocycles. The first-order valence-electron chi connectivity index (χ1n) is 8.35. The molecule has 8 nitrogen and oxygen atoms in total. The van der Waals surface area contributed by atoms with Gasteiger partial charge in [-0.25, -0.2) is 15.0 Å². The summed E-state index contributed by atoms with van der Waals surface area (Å²) in [6.07, 6.45) is 6.62. The Morgan fingerprint density at radius 2 is 2.15 bits per heavy atom. The van der Waals surface area contributed by atoms with Crippen LogP contribution in [0.5, 0.6) is 11.5 Å². The number of ether oxygens (including phenoxy) is 1. The first kappa shape index (κ1) is 16.9. The van der Waals surface area contributed by atoms with Crippen LogP contribution in [0.15, 0.2) is 29.7 Å². The smallest absolute Gasteiger partial charge is 0.191 e. The molecule has 1 aromatic carbocycles. The molecule has 1 atom stereocenters. The van der Waals surface area contributed by atoms with Crippen molar-refractivity contribution in [2.45, 2.75) is 30.6 Å². The second-order valence-electron chi connectivity index (χ2n) is 6.00. The molecule has 1 fully saturated rings. The zero-order valence-electron chi connectivity index (χ0n) is 14.2. The highest BCUT2D eigenvalue weighted by molar-refractivity contribution is 7.98. The summed E-state index contributed by atoms with van der Waals surface area (Å²) in [6.45, 7) is 0.729. The molecule has 2 aromatic heterocycles. The highest BCUT2D eigenvalue weighted by Gasteiger charge is 2.21. The lowest BCUT2D eigenvalue weighted by Gasteiger charge is -2.23. The number of rotatable bonds is 4.